The fourth-order valence-corrected chi connectivity index (χ4v) is 1.93. The van der Waals surface area contributed by atoms with Gasteiger partial charge in [0, 0.05) is 20.3 Å². The van der Waals surface area contributed by atoms with Gasteiger partial charge in [0.05, 0.1) is 16.9 Å². The molecule has 1 heterocycles. The number of nitrogens with two attached hydrogens (primary N) is 1. The van der Waals surface area contributed by atoms with Crippen LogP contribution in [0.4, 0.5) is 11.4 Å². The van der Waals surface area contributed by atoms with E-state index in [4.69, 9.17) is 5.73 Å². The summed E-state index contributed by atoms with van der Waals surface area (Å²) in [7, 11) is 3.27. The van der Waals surface area contributed by atoms with Gasteiger partial charge < -0.3 is 20.9 Å². The highest BCUT2D eigenvalue weighted by Crippen LogP contribution is 2.17. The summed E-state index contributed by atoms with van der Waals surface area (Å²) in [6.45, 7) is 0. The lowest BCUT2D eigenvalue weighted by molar-refractivity contribution is 0.0964. The molecule has 4 N–H and O–H groups in total. The van der Waals surface area contributed by atoms with Crippen LogP contribution < -0.4 is 16.4 Å². The SMILES string of the molecule is CNC(=O)c1ccccc1NC(=O)c1cc(N)cn1C. The molecule has 20 heavy (non-hydrogen) atoms. The maximum absolute atomic E-state index is 12.2. The number of para-hydroxylation sites is 1. The second kappa shape index (κ2) is 5.48. The molecular weight excluding hydrogens is 256 g/mol. The third-order valence-electron chi connectivity index (χ3n) is 2.91. The number of benzene rings is 1. The van der Waals surface area contributed by atoms with Gasteiger partial charge in [-0.25, -0.2) is 0 Å². The maximum Gasteiger partial charge on any atom is 0.272 e. The van der Waals surface area contributed by atoms with Crippen molar-refractivity contribution in [3.63, 3.8) is 0 Å². The average Bonchev–Trinajstić information content (AvgIpc) is 2.77. The van der Waals surface area contributed by atoms with Crippen LogP contribution in [0.25, 0.3) is 0 Å². The van der Waals surface area contributed by atoms with Crippen LogP contribution >= 0.6 is 0 Å². The molecule has 0 unspecified atom stereocenters. The predicted octanol–water partition coefficient (Wildman–Crippen LogP) is 1.22. The number of carbonyl (C=O) groups excluding carboxylic acids is 2. The molecule has 0 aliphatic carbocycles. The molecule has 6 nitrogen and oxygen atoms in total. The number of nitrogens with one attached hydrogen (secondary N) is 2. The first-order valence-electron chi connectivity index (χ1n) is 6.07. The topological polar surface area (TPSA) is 89.2 Å². The van der Waals surface area contributed by atoms with Gasteiger partial charge in [0.25, 0.3) is 11.8 Å². The highest BCUT2D eigenvalue weighted by molar-refractivity contribution is 6.08. The molecule has 0 saturated heterocycles. The summed E-state index contributed by atoms with van der Waals surface area (Å²) in [6.07, 6.45) is 1.65. The van der Waals surface area contributed by atoms with Gasteiger partial charge in [-0.15, -0.1) is 0 Å². The Kier molecular flexibility index (Phi) is 3.74. The number of rotatable bonds is 3. The van der Waals surface area contributed by atoms with Crippen molar-refractivity contribution in [2.75, 3.05) is 18.1 Å². The Labute approximate surface area is 116 Å². The van der Waals surface area contributed by atoms with Crippen LogP contribution in [0.5, 0.6) is 0 Å². The van der Waals surface area contributed by atoms with Gasteiger partial charge >= 0.3 is 0 Å². The maximum atomic E-state index is 12.2. The Morgan fingerprint density at radius 1 is 1.20 bits per heavy atom. The van der Waals surface area contributed by atoms with E-state index in [1.54, 1.807) is 55.2 Å². The Morgan fingerprint density at radius 2 is 1.90 bits per heavy atom. The second-order valence-electron chi connectivity index (χ2n) is 4.35. The number of anilines is 2. The molecule has 2 amide bonds. The molecule has 6 heteroatoms. The summed E-state index contributed by atoms with van der Waals surface area (Å²) in [6, 6.07) is 8.39. The van der Waals surface area contributed by atoms with Crippen LogP contribution in [0, 0.1) is 0 Å². The summed E-state index contributed by atoms with van der Waals surface area (Å²) in [4.78, 5) is 23.9. The summed E-state index contributed by atoms with van der Waals surface area (Å²) >= 11 is 0. The van der Waals surface area contributed by atoms with E-state index in [1.807, 2.05) is 0 Å². The first-order valence-corrected chi connectivity index (χ1v) is 6.07. The standard InChI is InChI=1S/C14H16N4O2/c1-16-13(19)10-5-3-4-6-11(10)17-14(20)12-7-9(15)8-18(12)2/h3-8H,15H2,1-2H3,(H,16,19)(H,17,20). The van der Waals surface area contributed by atoms with Crippen molar-refractivity contribution in [3.8, 4) is 0 Å². The fraction of sp³-hybridized carbons (Fsp3) is 0.143. The van der Waals surface area contributed by atoms with Crippen molar-refractivity contribution in [2.24, 2.45) is 7.05 Å². The Morgan fingerprint density at radius 3 is 2.50 bits per heavy atom. The van der Waals surface area contributed by atoms with Crippen molar-refractivity contribution in [1.82, 2.24) is 9.88 Å². The van der Waals surface area contributed by atoms with Crippen LogP contribution in [0.2, 0.25) is 0 Å². The minimum Gasteiger partial charge on any atom is -0.397 e. The Bertz CT molecular complexity index is 661. The number of aryl methyl sites for hydroxylation is 1. The lowest BCUT2D eigenvalue weighted by Gasteiger charge is -2.10. The van der Waals surface area contributed by atoms with Crippen molar-refractivity contribution in [1.29, 1.82) is 0 Å². The summed E-state index contributed by atoms with van der Waals surface area (Å²) in [5.74, 6) is -0.576. The molecular formula is C14H16N4O2. The molecule has 0 aliphatic rings. The lowest BCUT2D eigenvalue weighted by Crippen LogP contribution is -2.22. The van der Waals surface area contributed by atoms with Gasteiger partial charge in [-0.05, 0) is 18.2 Å². The van der Waals surface area contributed by atoms with Gasteiger partial charge in [0.1, 0.15) is 5.69 Å². The van der Waals surface area contributed by atoms with E-state index in [0.717, 1.165) is 0 Å². The molecule has 1 aromatic heterocycles. The van der Waals surface area contributed by atoms with Gasteiger partial charge in [0.15, 0.2) is 0 Å². The van der Waals surface area contributed by atoms with Crippen molar-refractivity contribution < 1.29 is 9.59 Å². The zero-order chi connectivity index (χ0) is 14.7. The number of amides is 2. The first-order chi connectivity index (χ1) is 9.52. The van der Waals surface area contributed by atoms with Crippen LogP contribution in [0.15, 0.2) is 36.5 Å². The zero-order valence-corrected chi connectivity index (χ0v) is 11.3. The van der Waals surface area contributed by atoms with Crippen LogP contribution in [-0.4, -0.2) is 23.4 Å². The highest BCUT2D eigenvalue weighted by atomic mass is 16.2. The number of nitrogens with zero attached hydrogens (tertiary/aromatic N) is 1. The summed E-state index contributed by atoms with van der Waals surface area (Å²) < 4.78 is 1.63. The normalized spacial score (nSPS) is 10.1. The molecule has 0 saturated carbocycles. The number of hydrogen-bond acceptors (Lipinski definition) is 3. The van der Waals surface area contributed by atoms with Crippen LogP contribution in [-0.2, 0) is 7.05 Å². The summed E-state index contributed by atoms with van der Waals surface area (Å²) in [5.41, 5.74) is 7.44. The molecule has 2 aromatic rings. The number of carbonyl (C=O) groups is 2. The first kappa shape index (κ1) is 13.7. The Balaban J connectivity index is 2.29. The van der Waals surface area contributed by atoms with Gasteiger partial charge in [-0.3, -0.25) is 9.59 Å². The van der Waals surface area contributed by atoms with Crippen molar-refractivity contribution in [2.45, 2.75) is 0 Å². The monoisotopic (exact) mass is 272 g/mol. The third-order valence-corrected chi connectivity index (χ3v) is 2.91. The average molecular weight is 272 g/mol. The predicted molar refractivity (Wildman–Crippen MR) is 77.6 cm³/mol. The van der Waals surface area contributed by atoms with E-state index in [0.29, 0.717) is 22.6 Å². The van der Waals surface area contributed by atoms with E-state index >= 15 is 0 Å². The third kappa shape index (κ3) is 2.64. The van der Waals surface area contributed by atoms with Crippen LogP contribution in [0.3, 0.4) is 0 Å². The smallest absolute Gasteiger partial charge is 0.272 e. The van der Waals surface area contributed by atoms with E-state index in [1.165, 1.54) is 0 Å². The summed E-state index contributed by atoms with van der Waals surface area (Å²) in [5, 5.41) is 5.25. The second-order valence-corrected chi connectivity index (χ2v) is 4.35. The van der Waals surface area contributed by atoms with E-state index in [-0.39, 0.29) is 11.8 Å². The minimum atomic E-state index is -0.319. The van der Waals surface area contributed by atoms with Gasteiger partial charge in [-0.1, -0.05) is 12.1 Å². The Hall–Kier alpha value is -2.76. The molecule has 0 fully saturated rings. The lowest BCUT2D eigenvalue weighted by atomic mass is 10.1. The quantitative estimate of drug-likeness (QED) is 0.784. The highest BCUT2D eigenvalue weighted by Gasteiger charge is 2.15. The minimum absolute atomic E-state index is 0.257. The molecule has 0 bridgehead atoms. The molecule has 104 valence electrons. The van der Waals surface area contributed by atoms with Gasteiger partial charge in [-0.2, -0.15) is 0 Å². The fourth-order valence-electron chi connectivity index (χ4n) is 1.93. The molecule has 1 aromatic carbocycles. The molecule has 0 spiro atoms. The van der Waals surface area contributed by atoms with E-state index in [2.05, 4.69) is 10.6 Å². The zero-order valence-electron chi connectivity index (χ0n) is 11.3. The van der Waals surface area contributed by atoms with Crippen molar-refractivity contribution >= 4 is 23.2 Å². The van der Waals surface area contributed by atoms with E-state index in [9.17, 15) is 9.59 Å². The van der Waals surface area contributed by atoms with E-state index < -0.39 is 0 Å². The molecule has 0 radical (unpaired) electrons. The number of nitrogen functional groups attached to an aromatic ring is 1. The molecule has 0 aliphatic heterocycles. The molecule has 0 atom stereocenters. The largest absolute Gasteiger partial charge is 0.397 e. The number of hydrogen-bond donors (Lipinski definition) is 3. The van der Waals surface area contributed by atoms with Gasteiger partial charge in [0.2, 0.25) is 0 Å². The van der Waals surface area contributed by atoms with Crippen molar-refractivity contribution in [3.05, 3.63) is 47.8 Å². The van der Waals surface area contributed by atoms with Crippen LogP contribution in [0.1, 0.15) is 20.8 Å². The number of aromatic nitrogens is 1. The molecule has 2 rings (SSSR count).